The van der Waals surface area contributed by atoms with E-state index in [2.05, 4.69) is 20.6 Å². The Hall–Kier alpha value is -1.36. The van der Waals surface area contributed by atoms with Crippen LogP contribution in [-0.4, -0.2) is 35.5 Å². The maximum absolute atomic E-state index is 11.8. The molecule has 5 heteroatoms. The number of piperidine rings is 1. The quantitative estimate of drug-likeness (QED) is 0.675. The number of imidazole rings is 1. The van der Waals surface area contributed by atoms with Crippen molar-refractivity contribution in [3.63, 3.8) is 0 Å². The molecule has 1 fully saturated rings. The van der Waals surface area contributed by atoms with Crippen molar-refractivity contribution in [3.8, 4) is 0 Å². The molecule has 2 heterocycles. The molecule has 0 aromatic carbocycles. The van der Waals surface area contributed by atoms with Crippen LogP contribution in [-0.2, 0) is 11.2 Å². The van der Waals surface area contributed by atoms with Crippen LogP contribution >= 0.6 is 0 Å². The minimum absolute atomic E-state index is 0.192. The van der Waals surface area contributed by atoms with Gasteiger partial charge in [0.1, 0.15) is 0 Å². The predicted octanol–water partition coefficient (Wildman–Crippen LogP) is 0.0680. The monoisotopic (exact) mass is 222 g/mol. The zero-order valence-electron chi connectivity index (χ0n) is 9.33. The predicted molar refractivity (Wildman–Crippen MR) is 60.9 cm³/mol. The lowest BCUT2D eigenvalue weighted by Crippen LogP contribution is -2.38. The third-order valence-electron chi connectivity index (χ3n) is 2.95. The summed E-state index contributed by atoms with van der Waals surface area (Å²) in [6.45, 7) is 2.59. The largest absolute Gasteiger partial charge is 0.355 e. The van der Waals surface area contributed by atoms with Crippen molar-refractivity contribution in [1.82, 2.24) is 20.6 Å². The highest BCUT2D eigenvalue weighted by Crippen LogP contribution is 2.11. The number of nitrogens with zero attached hydrogens (tertiary/aromatic N) is 1. The smallest absolute Gasteiger partial charge is 0.223 e. The summed E-state index contributed by atoms with van der Waals surface area (Å²) in [7, 11) is 0. The Bertz CT molecular complexity index is 317. The van der Waals surface area contributed by atoms with Crippen molar-refractivity contribution < 1.29 is 4.79 Å². The highest BCUT2D eigenvalue weighted by Gasteiger charge is 2.20. The Morgan fingerprint density at radius 3 is 3.00 bits per heavy atom. The molecule has 16 heavy (non-hydrogen) atoms. The van der Waals surface area contributed by atoms with Gasteiger partial charge in [0.2, 0.25) is 5.91 Å². The van der Waals surface area contributed by atoms with Crippen LogP contribution in [0.5, 0.6) is 0 Å². The van der Waals surface area contributed by atoms with E-state index in [1.165, 1.54) is 0 Å². The number of H-pyrrole nitrogens is 1. The molecule has 5 nitrogen and oxygen atoms in total. The van der Waals surface area contributed by atoms with Crippen LogP contribution in [0.2, 0.25) is 0 Å². The zero-order chi connectivity index (χ0) is 11.2. The van der Waals surface area contributed by atoms with Gasteiger partial charge in [-0.3, -0.25) is 4.79 Å². The minimum atomic E-state index is 0.192. The van der Waals surface area contributed by atoms with E-state index in [1.807, 2.05) is 6.20 Å². The Morgan fingerprint density at radius 2 is 2.31 bits per heavy atom. The molecule has 1 saturated heterocycles. The lowest BCUT2D eigenvalue weighted by Gasteiger charge is -2.21. The van der Waals surface area contributed by atoms with Crippen LogP contribution in [0, 0.1) is 5.92 Å². The van der Waals surface area contributed by atoms with Gasteiger partial charge in [-0.15, -0.1) is 0 Å². The average molecular weight is 222 g/mol. The minimum Gasteiger partial charge on any atom is -0.355 e. The van der Waals surface area contributed by atoms with E-state index in [-0.39, 0.29) is 11.8 Å². The molecule has 0 saturated carbocycles. The summed E-state index contributed by atoms with van der Waals surface area (Å²) in [5.74, 6) is 0.387. The Morgan fingerprint density at radius 1 is 1.50 bits per heavy atom. The van der Waals surface area contributed by atoms with E-state index in [9.17, 15) is 4.79 Å². The highest BCUT2D eigenvalue weighted by molar-refractivity contribution is 5.78. The third kappa shape index (κ3) is 3.06. The second-order valence-corrected chi connectivity index (χ2v) is 4.13. The van der Waals surface area contributed by atoms with Crippen LogP contribution < -0.4 is 10.6 Å². The maximum atomic E-state index is 11.8. The third-order valence-corrected chi connectivity index (χ3v) is 2.95. The van der Waals surface area contributed by atoms with E-state index in [0.717, 1.165) is 38.0 Å². The Balaban J connectivity index is 1.67. The van der Waals surface area contributed by atoms with Crippen LogP contribution in [0.3, 0.4) is 0 Å². The summed E-state index contributed by atoms with van der Waals surface area (Å²) in [6, 6.07) is 0. The fraction of sp³-hybridized carbons (Fsp3) is 0.636. The van der Waals surface area contributed by atoms with E-state index in [4.69, 9.17) is 0 Å². The summed E-state index contributed by atoms with van der Waals surface area (Å²) in [5.41, 5.74) is 0.991. The van der Waals surface area contributed by atoms with E-state index < -0.39 is 0 Å². The number of aromatic nitrogens is 2. The van der Waals surface area contributed by atoms with Crippen molar-refractivity contribution in [2.24, 2.45) is 5.92 Å². The van der Waals surface area contributed by atoms with E-state index in [0.29, 0.717) is 6.54 Å². The molecule has 0 bridgehead atoms. The van der Waals surface area contributed by atoms with Crippen LogP contribution in [0.1, 0.15) is 18.5 Å². The molecule has 3 N–H and O–H groups in total. The molecule has 0 radical (unpaired) electrons. The topological polar surface area (TPSA) is 69.8 Å². The molecule has 1 aliphatic heterocycles. The first-order chi connectivity index (χ1) is 7.86. The van der Waals surface area contributed by atoms with Gasteiger partial charge in [0.05, 0.1) is 12.0 Å². The fourth-order valence-corrected chi connectivity index (χ4v) is 1.97. The van der Waals surface area contributed by atoms with Crippen molar-refractivity contribution in [2.75, 3.05) is 19.6 Å². The SMILES string of the molecule is O=C(NCCc1c[nH]cn1)C1CCNCC1. The molecule has 1 amide bonds. The molecule has 0 aliphatic carbocycles. The molecule has 1 aromatic heterocycles. The summed E-state index contributed by atoms with van der Waals surface area (Å²) < 4.78 is 0. The van der Waals surface area contributed by atoms with Gasteiger partial charge in [-0.25, -0.2) is 4.98 Å². The van der Waals surface area contributed by atoms with Crippen molar-refractivity contribution in [3.05, 3.63) is 18.2 Å². The molecule has 0 unspecified atom stereocenters. The lowest BCUT2D eigenvalue weighted by molar-refractivity contribution is -0.125. The van der Waals surface area contributed by atoms with Gasteiger partial charge in [0.15, 0.2) is 0 Å². The number of carbonyl (C=O) groups is 1. The van der Waals surface area contributed by atoms with Crippen LogP contribution in [0.15, 0.2) is 12.5 Å². The summed E-state index contributed by atoms with van der Waals surface area (Å²) in [6.07, 6.45) is 6.21. The first kappa shape index (κ1) is 11.1. The first-order valence-corrected chi connectivity index (χ1v) is 5.82. The molecule has 1 aliphatic rings. The van der Waals surface area contributed by atoms with Gasteiger partial charge in [-0.05, 0) is 25.9 Å². The number of carbonyl (C=O) groups excluding carboxylic acids is 1. The number of nitrogens with one attached hydrogen (secondary N) is 3. The number of aromatic amines is 1. The summed E-state index contributed by atoms with van der Waals surface area (Å²) in [5, 5.41) is 6.22. The molecule has 88 valence electrons. The molecular weight excluding hydrogens is 204 g/mol. The van der Waals surface area contributed by atoms with Gasteiger partial charge in [-0.2, -0.15) is 0 Å². The molecule has 2 rings (SSSR count). The van der Waals surface area contributed by atoms with Gasteiger partial charge in [0, 0.05) is 25.1 Å². The molecule has 0 spiro atoms. The maximum Gasteiger partial charge on any atom is 0.223 e. The standard InChI is InChI=1S/C11H18N4O/c16-11(9-1-4-12-5-2-9)14-6-3-10-7-13-8-15-10/h7-9,12H,1-6H2,(H,13,15)(H,14,16). The Labute approximate surface area is 95.0 Å². The number of amides is 1. The number of hydrogen-bond acceptors (Lipinski definition) is 3. The first-order valence-electron chi connectivity index (χ1n) is 5.82. The summed E-state index contributed by atoms with van der Waals surface area (Å²) >= 11 is 0. The van der Waals surface area contributed by atoms with Crippen molar-refractivity contribution in [1.29, 1.82) is 0 Å². The normalized spacial score (nSPS) is 17.2. The van der Waals surface area contributed by atoms with Gasteiger partial charge in [0.25, 0.3) is 0 Å². The average Bonchev–Trinajstić information content (AvgIpc) is 2.83. The van der Waals surface area contributed by atoms with Gasteiger partial charge < -0.3 is 15.6 Å². The van der Waals surface area contributed by atoms with Crippen LogP contribution in [0.4, 0.5) is 0 Å². The van der Waals surface area contributed by atoms with Gasteiger partial charge in [-0.1, -0.05) is 0 Å². The molecular formula is C11H18N4O. The number of rotatable bonds is 4. The molecule has 1 aromatic rings. The van der Waals surface area contributed by atoms with E-state index >= 15 is 0 Å². The van der Waals surface area contributed by atoms with Crippen LogP contribution in [0.25, 0.3) is 0 Å². The Kier molecular flexibility index (Phi) is 3.93. The highest BCUT2D eigenvalue weighted by atomic mass is 16.1. The number of hydrogen-bond donors (Lipinski definition) is 3. The van der Waals surface area contributed by atoms with Gasteiger partial charge >= 0.3 is 0 Å². The van der Waals surface area contributed by atoms with Crippen molar-refractivity contribution in [2.45, 2.75) is 19.3 Å². The zero-order valence-corrected chi connectivity index (χ0v) is 9.33. The van der Waals surface area contributed by atoms with Crippen molar-refractivity contribution >= 4 is 5.91 Å². The summed E-state index contributed by atoms with van der Waals surface area (Å²) in [4.78, 5) is 18.8. The van der Waals surface area contributed by atoms with E-state index in [1.54, 1.807) is 6.33 Å². The fourth-order valence-electron chi connectivity index (χ4n) is 1.97. The lowest BCUT2D eigenvalue weighted by atomic mass is 9.97. The second-order valence-electron chi connectivity index (χ2n) is 4.13. The molecule has 0 atom stereocenters. The second kappa shape index (κ2) is 5.65.